The number of rotatable bonds is 2. The molecule has 0 aliphatic rings. The highest BCUT2D eigenvalue weighted by molar-refractivity contribution is 9.10. The Morgan fingerprint density at radius 1 is 1.82 bits per heavy atom. The smallest absolute Gasteiger partial charge is 0.0803 e. The van der Waals surface area contributed by atoms with Crippen LogP contribution >= 0.6 is 27.3 Å². The van der Waals surface area contributed by atoms with Crippen molar-refractivity contribution in [2.75, 3.05) is 0 Å². The Morgan fingerprint density at radius 2 is 2.55 bits per heavy atom. The third-order valence-corrected chi connectivity index (χ3v) is 3.30. The molecule has 0 N–H and O–H groups in total. The summed E-state index contributed by atoms with van der Waals surface area (Å²) in [5, 5.41) is 10.7. The fourth-order valence-corrected chi connectivity index (χ4v) is 2.44. The summed E-state index contributed by atoms with van der Waals surface area (Å²) in [4.78, 5) is 1.15. The fraction of sp³-hybridized carbons (Fsp3) is 0.375. The van der Waals surface area contributed by atoms with E-state index in [0.29, 0.717) is 0 Å². The van der Waals surface area contributed by atoms with Gasteiger partial charge in [-0.2, -0.15) is 5.26 Å². The lowest BCUT2D eigenvalue weighted by Gasteiger charge is -1.99. The van der Waals surface area contributed by atoms with Gasteiger partial charge in [0.2, 0.25) is 0 Å². The second-order valence-electron chi connectivity index (χ2n) is 2.26. The van der Waals surface area contributed by atoms with E-state index in [0.717, 1.165) is 15.8 Å². The molecule has 0 aliphatic carbocycles. The normalized spacial score (nSPS) is 12.5. The highest BCUT2D eigenvalue weighted by Crippen LogP contribution is 2.28. The first kappa shape index (κ1) is 8.76. The van der Waals surface area contributed by atoms with Crippen molar-refractivity contribution in [2.24, 2.45) is 0 Å². The van der Waals surface area contributed by atoms with Crippen LogP contribution in [0.4, 0.5) is 0 Å². The highest BCUT2D eigenvalue weighted by Gasteiger charge is 2.09. The Kier molecular flexibility index (Phi) is 3.10. The van der Waals surface area contributed by atoms with Gasteiger partial charge in [0.15, 0.2) is 0 Å². The molecular weight excluding hydrogens is 222 g/mol. The summed E-state index contributed by atoms with van der Waals surface area (Å²) in [6.45, 7) is 2.03. The van der Waals surface area contributed by atoms with E-state index in [4.69, 9.17) is 5.26 Å². The van der Waals surface area contributed by atoms with E-state index in [1.165, 1.54) is 0 Å². The Morgan fingerprint density at radius 3 is 2.91 bits per heavy atom. The van der Waals surface area contributed by atoms with Gasteiger partial charge < -0.3 is 0 Å². The topological polar surface area (TPSA) is 23.8 Å². The molecular formula is C8H8BrNS. The van der Waals surface area contributed by atoms with Crippen LogP contribution in [0.3, 0.4) is 0 Å². The monoisotopic (exact) mass is 229 g/mol. The van der Waals surface area contributed by atoms with E-state index in [1.807, 2.05) is 18.4 Å². The van der Waals surface area contributed by atoms with Crippen molar-refractivity contribution in [3.05, 3.63) is 20.8 Å². The number of nitrogens with zero attached hydrogens (tertiary/aromatic N) is 1. The van der Waals surface area contributed by atoms with Crippen LogP contribution in [0.2, 0.25) is 0 Å². The number of halogens is 1. The molecule has 1 aromatic rings. The lowest BCUT2D eigenvalue weighted by Crippen LogP contribution is -1.87. The lowest BCUT2D eigenvalue weighted by atomic mass is 10.1. The summed E-state index contributed by atoms with van der Waals surface area (Å²) in [6.07, 6.45) is 0.892. The maximum absolute atomic E-state index is 8.73. The molecule has 1 nitrogen and oxygen atoms in total. The molecule has 3 heteroatoms. The highest BCUT2D eigenvalue weighted by atomic mass is 79.9. The second-order valence-corrected chi connectivity index (χ2v) is 4.12. The molecule has 0 saturated carbocycles. The van der Waals surface area contributed by atoms with E-state index < -0.39 is 0 Å². The number of hydrogen-bond donors (Lipinski definition) is 0. The molecule has 0 fully saturated rings. The van der Waals surface area contributed by atoms with Crippen molar-refractivity contribution in [1.29, 1.82) is 5.26 Å². The van der Waals surface area contributed by atoms with Crippen molar-refractivity contribution in [1.82, 2.24) is 0 Å². The molecule has 58 valence electrons. The summed E-state index contributed by atoms with van der Waals surface area (Å²) < 4.78 is 1.08. The predicted octanol–water partition coefficient (Wildman–Crippen LogP) is 3.53. The molecule has 0 spiro atoms. The van der Waals surface area contributed by atoms with Crippen molar-refractivity contribution in [3.63, 3.8) is 0 Å². The van der Waals surface area contributed by atoms with Crippen LogP contribution in [-0.2, 0) is 0 Å². The zero-order valence-electron chi connectivity index (χ0n) is 6.17. The number of hydrogen-bond acceptors (Lipinski definition) is 2. The Hall–Kier alpha value is -0.330. The largest absolute Gasteiger partial charge is 0.198 e. The first-order chi connectivity index (χ1) is 5.27. The Balaban J connectivity index is 2.84. The quantitative estimate of drug-likeness (QED) is 0.762. The van der Waals surface area contributed by atoms with Gasteiger partial charge in [0.05, 0.1) is 12.0 Å². The number of thiophene rings is 1. The minimum Gasteiger partial charge on any atom is -0.198 e. The summed E-state index contributed by atoms with van der Waals surface area (Å²) in [5.74, 6) is 0.0753. The molecule has 0 aliphatic heterocycles. The van der Waals surface area contributed by atoms with Gasteiger partial charge >= 0.3 is 0 Å². The first-order valence-corrected chi connectivity index (χ1v) is 5.08. The van der Waals surface area contributed by atoms with Gasteiger partial charge in [0.25, 0.3) is 0 Å². The molecule has 0 radical (unpaired) electrons. The van der Waals surface area contributed by atoms with Crippen LogP contribution in [-0.4, -0.2) is 0 Å². The molecule has 1 atom stereocenters. The minimum atomic E-state index is 0.0753. The van der Waals surface area contributed by atoms with Crippen molar-refractivity contribution >= 4 is 27.3 Å². The second kappa shape index (κ2) is 3.89. The third kappa shape index (κ3) is 2.05. The van der Waals surface area contributed by atoms with Crippen molar-refractivity contribution in [3.8, 4) is 6.07 Å². The van der Waals surface area contributed by atoms with Crippen LogP contribution < -0.4 is 0 Å². The fourth-order valence-electron chi connectivity index (χ4n) is 0.867. The molecule has 0 amide bonds. The molecule has 1 aromatic heterocycles. The van der Waals surface area contributed by atoms with Gasteiger partial charge in [-0.15, -0.1) is 11.3 Å². The summed E-state index contributed by atoms with van der Waals surface area (Å²) in [5.41, 5.74) is 0. The van der Waals surface area contributed by atoms with Gasteiger partial charge in [-0.25, -0.2) is 0 Å². The SMILES string of the molecule is CCC(C#N)c1cc(Br)cs1. The van der Waals surface area contributed by atoms with E-state index in [2.05, 4.69) is 22.0 Å². The number of nitriles is 1. The zero-order chi connectivity index (χ0) is 8.27. The van der Waals surface area contributed by atoms with Crippen molar-refractivity contribution < 1.29 is 0 Å². The van der Waals surface area contributed by atoms with Gasteiger partial charge in [0.1, 0.15) is 0 Å². The molecule has 1 unspecified atom stereocenters. The van der Waals surface area contributed by atoms with E-state index in [9.17, 15) is 0 Å². The average Bonchev–Trinajstić information content (AvgIpc) is 2.39. The van der Waals surface area contributed by atoms with E-state index in [-0.39, 0.29) is 5.92 Å². The van der Waals surface area contributed by atoms with Crippen LogP contribution in [0.5, 0.6) is 0 Å². The van der Waals surface area contributed by atoms with Gasteiger partial charge in [-0.3, -0.25) is 0 Å². The lowest BCUT2D eigenvalue weighted by molar-refractivity contribution is 0.834. The molecule has 0 saturated heterocycles. The van der Waals surface area contributed by atoms with E-state index >= 15 is 0 Å². The summed E-state index contributed by atoms with van der Waals surface area (Å²) in [7, 11) is 0. The van der Waals surface area contributed by atoms with Crippen molar-refractivity contribution in [2.45, 2.75) is 19.3 Å². The molecule has 1 rings (SSSR count). The van der Waals surface area contributed by atoms with Crippen LogP contribution in [0.1, 0.15) is 24.1 Å². The minimum absolute atomic E-state index is 0.0753. The summed E-state index contributed by atoms with van der Waals surface area (Å²) in [6, 6.07) is 4.29. The van der Waals surface area contributed by atoms with Crippen LogP contribution in [0.15, 0.2) is 15.9 Å². The predicted molar refractivity (Wildman–Crippen MR) is 50.7 cm³/mol. The van der Waals surface area contributed by atoms with Gasteiger partial charge in [-0.1, -0.05) is 6.92 Å². The Labute approximate surface area is 78.8 Å². The molecule has 1 heterocycles. The summed E-state index contributed by atoms with van der Waals surface area (Å²) >= 11 is 5.00. The van der Waals surface area contributed by atoms with Gasteiger partial charge in [0, 0.05) is 14.7 Å². The molecule has 0 aromatic carbocycles. The first-order valence-electron chi connectivity index (χ1n) is 3.41. The Bertz CT molecular complexity index is 274. The maximum atomic E-state index is 8.73. The average molecular weight is 230 g/mol. The standard InChI is InChI=1S/C8H8BrNS/c1-2-6(4-10)8-3-7(9)5-11-8/h3,5-6H,2H2,1H3. The van der Waals surface area contributed by atoms with Crippen LogP contribution in [0.25, 0.3) is 0 Å². The molecule has 11 heavy (non-hydrogen) atoms. The van der Waals surface area contributed by atoms with Crippen LogP contribution in [0, 0.1) is 11.3 Å². The maximum Gasteiger partial charge on any atom is 0.0803 e. The van der Waals surface area contributed by atoms with E-state index in [1.54, 1.807) is 11.3 Å². The zero-order valence-corrected chi connectivity index (χ0v) is 8.58. The third-order valence-electron chi connectivity index (χ3n) is 1.50. The van der Waals surface area contributed by atoms with Gasteiger partial charge in [-0.05, 0) is 28.4 Å². The molecule has 0 bridgehead atoms.